The summed E-state index contributed by atoms with van der Waals surface area (Å²) in [5.74, 6) is 0.915. The first-order valence-corrected chi connectivity index (χ1v) is 15.3. The number of aromatic nitrogens is 2. The number of piperidine rings is 1. The molecule has 0 aliphatic carbocycles. The van der Waals surface area contributed by atoms with E-state index in [0.29, 0.717) is 28.6 Å². The number of carbonyl (C=O) groups is 1. The third-order valence-corrected chi connectivity index (χ3v) is 8.33. The predicted molar refractivity (Wildman–Crippen MR) is 164 cm³/mol. The lowest BCUT2D eigenvalue weighted by atomic mass is 9.87. The zero-order valence-electron chi connectivity index (χ0n) is 24.6. The van der Waals surface area contributed by atoms with E-state index in [0.717, 1.165) is 49.7 Å². The summed E-state index contributed by atoms with van der Waals surface area (Å²) < 4.78 is 5.83. The molecule has 9 heteroatoms. The van der Waals surface area contributed by atoms with Gasteiger partial charge in [0.15, 0.2) is 0 Å². The maximum atomic E-state index is 13.3. The van der Waals surface area contributed by atoms with Crippen molar-refractivity contribution >= 4 is 41.5 Å². The first kappa shape index (κ1) is 30.6. The van der Waals surface area contributed by atoms with E-state index in [1.165, 1.54) is 0 Å². The van der Waals surface area contributed by atoms with Crippen LogP contribution in [-0.2, 0) is 11.3 Å². The van der Waals surface area contributed by atoms with Gasteiger partial charge in [0.2, 0.25) is 5.95 Å². The van der Waals surface area contributed by atoms with Crippen LogP contribution in [0.2, 0.25) is 10.0 Å². The van der Waals surface area contributed by atoms with Crippen LogP contribution in [-0.4, -0.2) is 56.9 Å². The van der Waals surface area contributed by atoms with Crippen LogP contribution in [0.4, 0.5) is 10.7 Å². The number of nitrogens with zero attached hydrogens (tertiary/aromatic N) is 5. The minimum Gasteiger partial charge on any atom is -0.444 e. The molecule has 1 aromatic carbocycles. The second kappa shape index (κ2) is 13.1. The fourth-order valence-corrected chi connectivity index (χ4v) is 6.42. The van der Waals surface area contributed by atoms with Gasteiger partial charge in [0.05, 0.1) is 0 Å². The fourth-order valence-electron chi connectivity index (χ4n) is 5.85. The molecule has 2 unspecified atom stereocenters. The highest BCUT2D eigenvalue weighted by molar-refractivity contribution is 6.34. The first-order chi connectivity index (χ1) is 19.0. The number of amides is 1. The van der Waals surface area contributed by atoms with Gasteiger partial charge in [-0.2, -0.15) is 0 Å². The van der Waals surface area contributed by atoms with Crippen LogP contribution < -0.4 is 4.90 Å². The maximum Gasteiger partial charge on any atom is 0.410 e. The van der Waals surface area contributed by atoms with Crippen molar-refractivity contribution < 1.29 is 9.53 Å². The van der Waals surface area contributed by atoms with E-state index >= 15 is 0 Å². The number of hydrogen-bond acceptors (Lipinski definition) is 6. The van der Waals surface area contributed by atoms with Gasteiger partial charge in [-0.05, 0) is 95.5 Å². The number of carbonyl (C=O) groups excluding carboxylic acids is 1. The summed E-state index contributed by atoms with van der Waals surface area (Å²) >= 11 is 12.8. The molecule has 3 heterocycles. The van der Waals surface area contributed by atoms with Crippen molar-refractivity contribution in [2.24, 2.45) is 4.99 Å². The molecule has 1 amide bonds. The van der Waals surface area contributed by atoms with Crippen molar-refractivity contribution in [2.45, 2.75) is 122 Å². The van der Waals surface area contributed by atoms with Crippen molar-refractivity contribution in [3.05, 3.63) is 51.8 Å². The van der Waals surface area contributed by atoms with Gasteiger partial charge in [0.1, 0.15) is 5.60 Å². The van der Waals surface area contributed by atoms with Crippen LogP contribution in [0.1, 0.15) is 97.1 Å². The Balaban J connectivity index is 1.65. The topological polar surface area (TPSA) is 70.9 Å². The standard InChI is InChI=1S/C31H43Cl2N5O2/c1-7-26-14-28(15-27(8-2)38(26)30(39)40-31(4,5)6)37(19-21-11-24(32)13-25(33)12-21)29-35-17-23(18-36-29)22-10-9-20(3)34-16-22/h11-13,16-18,20,22,26-28H,7-10,14-15,19H2,1-6H3/t20?,22?,26-,27+,28+. The van der Waals surface area contributed by atoms with E-state index in [1.807, 2.05) is 56.4 Å². The summed E-state index contributed by atoms with van der Waals surface area (Å²) in [6.45, 7) is 12.7. The summed E-state index contributed by atoms with van der Waals surface area (Å²) in [6.07, 6.45) is 11.1. The lowest BCUT2D eigenvalue weighted by molar-refractivity contribution is -0.00966. The van der Waals surface area contributed by atoms with Crippen molar-refractivity contribution in [3.63, 3.8) is 0 Å². The molecule has 2 aliphatic heterocycles. The molecule has 0 bridgehead atoms. The van der Waals surface area contributed by atoms with Crippen molar-refractivity contribution in [3.8, 4) is 0 Å². The summed E-state index contributed by atoms with van der Waals surface area (Å²) in [7, 11) is 0. The van der Waals surface area contributed by atoms with Crippen LogP contribution in [0.3, 0.4) is 0 Å². The quantitative estimate of drug-likeness (QED) is 0.327. The normalized spacial score (nSPS) is 25.1. The fraction of sp³-hybridized carbons (Fsp3) is 0.613. The van der Waals surface area contributed by atoms with Gasteiger partial charge in [-0.1, -0.05) is 37.0 Å². The van der Waals surface area contributed by atoms with Gasteiger partial charge in [0, 0.05) is 65.3 Å². The minimum absolute atomic E-state index is 0.0451. The minimum atomic E-state index is -0.543. The van der Waals surface area contributed by atoms with Gasteiger partial charge >= 0.3 is 6.09 Å². The molecule has 0 radical (unpaired) electrons. The maximum absolute atomic E-state index is 13.3. The number of ether oxygens (including phenoxy) is 1. The lowest BCUT2D eigenvalue weighted by Gasteiger charge is -2.48. The van der Waals surface area contributed by atoms with Crippen molar-refractivity contribution in [1.82, 2.24) is 14.9 Å². The van der Waals surface area contributed by atoms with Gasteiger partial charge in [-0.15, -0.1) is 0 Å². The number of halogens is 2. The second-order valence-corrected chi connectivity index (χ2v) is 13.1. The second-order valence-electron chi connectivity index (χ2n) is 12.2. The van der Waals surface area contributed by atoms with Crippen LogP contribution in [0.5, 0.6) is 0 Å². The molecule has 0 saturated carbocycles. The SMILES string of the molecule is CC[C@@H]1C[C@H](N(Cc2cc(Cl)cc(Cl)c2)c2ncc(C3C=NC(C)CC3)cn2)C[C@H](CC)N1C(=O)OC(C)(C)C. The molecule has 218 valence electrons. The summed E-state index contributed by atoms with van der Waals surface area (Å²) in [5.41, 5.74) is 1.54. The van der Waals surface area contributed by atoms with Gasteiger partial charge < -0.3 is 14.5 Å². The van der Waals surface area contributed by atoms with Crippen LogP contribution in [0.25, 0.3) is 0 Å². The number of anilines is 1. The number of rotatable bonds is 7. The average molecular weight is 589 g/mol. The molecule has 0 N–H and O–H groups in total. The molecule has 1 aromatic heterocycles. The molecule has 2 aliphatic rings. The van der Waals surface area contributed by atoms with Gasteiger partial charge in [-0.3, -0.25) is 4.99 Å². The van der Waals surface area contributed by atoms with E-state index in [1.54, 1.807) is 6.07 Å². The van der Waals surface area contributed by atoms with E-state index in [4.69, 9.17) is 37.9 Å². The zero-order valence-corrected chi connectivity index (χ0v) is 26.1. The highest BCUT2D eigenvalue weighted by atomic mass is 35.5. The summed E-state index contributed by atoms with van der Waals surface area (Å²) in [5, 5.41) is 1.20. The molecular formula is C31H43Cl2N5O2. The largest absolute Gasteiger partial charge is 0.444 e. The highest BCUT2D eigenvalue weighted by Gasteiger charge is 2.41. The number of aliphatic imine (C=N–C) groups is 1. The van der Waals surface area contributed by atoms with Gasteiger partial charge in [0.25, 0.3) is 0 Å². The molecule has 1 saturated heterocycles. The number of hydrogen-bond donors (Lipinski definition) is 0. The van der Waals surface area contributed by atoms with E-state index < -0.39 is 5.60 Å². The Morgan fingerprint density at radius 3 is 2.12 bits per heavy atom. The highest BCUT2D eigenvalue weighted by Crippen LogP contribution is 2.35. The molecule has 1 fully saturated rings. The Morgan fingerprint density at radius 1 is 1.02 bits per heavy atom. The average Bonchev–Trinajstić information content (AvgIpc) is 2.90. The molecule has 0 spiro atoms. The number of likely N-dealkylation sites (tertiary alicyclic amines) is 1. The molecular weight excluding hydrogens is 545 g/mol. The molecule has 5 atom stereocenters. The van der Waals surface area contributed by atoms with Crippen LogP contribution in [0, 0.1) is 0 Å². The van der Waals surface area contributed by atoms with Crippen molar-refractivity contribution in [1.29, 1.82) is 0 Å². The molecule has 4 rings (SSSR count). The zero-order chi connectivity index (χ0) is 29.0. The van der Waals surface area contributed by atoms with E-state index in [-0.39, 0.29) is 30.1 Å². The summed E-state index contributed by atoms with van der Waals surface area (Å²) in [6, 6.07) is 6.22. The third-order valence-electron chi connectivity index (χ3n) is 7.90. The Labute approximate surface area is 249 Å². The molecule has 40 heavy (non-hydrogen) atoms. The van der Waals surface area contributed by atoms with Crippen molar-refractivity contribution in [2.75, 3.05) is 4.90 Å². The Bertz CT molecular complexity index is 1150. The Kier molecular flexibility index (Phi) is 9.99. The van der Waals surface area contributed by atoms with Crippen LogP contribution >= 0.6 is 23.2 Å². The Hall–Kier alpha value is -2.38. The number of benzene rings is 1. The predicted octanol–water partition coefficient (Wildman–Crippen LogP) is 8.08. The third kappa shape index (κ3) is 7.67. The lowest BCUT2D eigenvalue weighted by Crippen LogP contribution is -2.57. The molecule has 2 aromatic rings. The van der Waals surface area contributed by atoms with Crippen LogP contribution in [0.15, 0.2) is 35.6 Å². The Morgan fingerprint density at radius 2 is 1.62 bits per heavy atom. The monoisotopic (exact) mass is 587 g/mol. The molecule has 7 nitrogen and oxygen atoms in total. The first-order valence-electron chi connectivity index (χ1n) is 14.6. The summed E-state index contributed by atoms with van der Waals surface area (Å²) in [4.78, 5) is 31.9. The van der Waals surface area contributed by atoms with E-state index in [9.17, 15) is 4.79 Å². The smallest absolute Gasteiger partial charge is 0.410 e. The van der Waals surface area contributed by atoms with E-state index in [2.05, 4.69) is 30.7 Å². The van der Waals surface area contributed by atoms with Gasteiger partial charge in [-0.25, -0.2) is 14.8 Å².